The van der Waals surface area contributed by atoms with Crippen molar-refractivity contribution in [3.05, 3.63) is 188 Å². The van der Waals surface area contributed by atoms with Gasteiger partial charge in [-0.05, 0) is 77.2 Å². The van der Waals surface area contributed by atoms with Gasteiger partial charge >= 0.3 is 0 Å². The summed E-state index contributed by atoms with van der Waals surface area (Å²) in [5, 5.41) is 11.1. The average molecular weight is 786 g/mol. The number of benzene rings is 9. The van der Waals surface area contributed by atoms with Gasteiger partial charge in [0.2, 0.25) is 0 Å². The highest BCUT2D eigenvalue weighted by molar-refractivity contribution is 7.27. The third-order valence-corrected chi connectivity index (χ3v) is 14.4. The van der Waals surface area contributed by atoms with Crippen LogP contribution in [0.15, 0.2) is 188 Å². The quantitative estimate of drug-likeness (QED) is 0.178. The summed E-state index contributed by atoms with van der Waals surface area (Å²) in [6.07, 6.45) is 0. The normalized spacial score (nSPS) is 12.1. The number of para-hydroxylation sites is 1. The summed E-state index contributed by atoms with van der Waals surface area (Å²) in [6, 6.07) is 68.3. The lowest BCUT2D eigenvalue weighted by atomic mass is 10.00. The maximum atomic E-state index is 5.29. The third-order valence-electron chi connectivity index (χ3n) is 12.0. The molecule has 274 valence electrons. The number of thiophene rings is 2. The van der Waals surface area contributed by atoms with E-state index < -0.39 is 0 Å². The molecule has 0 unspecified atom stereocenters. The van der Waals surface area contributed by atoms with Crippen LogP contribution in [0.1, 0.15) is 0 Å². The number of rotatable bonds is 4. The van der Waals surface area contributed by atoms with Crippen molar-refractivity contribution in [2.45, 2.75) is 0 Å². The Morgan fingerprint density at radius 3 is 1.83 bits per heavy atom. The molecule has 0 radical (unpaired) electrons. The molecule has 59 heavy (non-hydrogen) atoms. The van der Waals surface area contributed by atoms with Crippen molar-refractivity contribution in [3.8, 4) is 39.5 Å². The molecule has 0 bridgehead atoms. The predicted octanol–water partition coefficient (Wildman–Crippen LogP) is 15.6. The van der Waals surface area contributed by atoms with Crippen LogP contribution in [0, 0.1) is 0 Å². The van der Waals surface area contributed by atoms with Gasteiger partial charge in [0, 0.05) is 73.0 Å². The highest BCUT2D eigenvalue weighted by Gasteiger charge is 2.21. The van der Waals surface area contributed by atoms with Crippen molar-refractivity contribution in [1.29, 1.82) is 0 Å². The molecule has 0 atom stereocenters. The molecule has 5 heteroatoms. The first-order chi connectivity index (χ1) is 29.2. The second kappa shape index (κ2) is 12.7. The van der Waals surface area contributed by atoms with Crippen LogP contribution in [-0.4, -0.2) is 14.5 Å². The Hall–Kier alpha value is -7.18. The Balaban J connectivity index is 1.07. The minimum Gasteiger partial charge on any atom is -0.309 e. The zero-order valence-electron chi connectivity index (χ0n) is 31.6. The predicted molar refractivity (Wildman–Crippen MR) is 253 cm³/mol. The summed E-state index contributed by atoms with van der Waals surface area (Å²) < 4.78 is 7.76. The van der Waals surface area contributed by atoms with Crippen LogP contribution >= 0.6 is 22.7 Å². The van der Waals surface area contributed by atoms with E-state index in [2.05, 4.69) is 187 Å². The summed E-state index contributed by atoms with van der Waals surface area (Å²) in [7, 11) is 0. The number of aromatic nitrogens is 3. The maximum Gasteiger partial charge on any atom is 0.161 e. The van der Waals surface area contributed by atoms with Crippen molar-refractivity contribution in [1.82, 2.24) is 14.5 Å². The van der Waals surface area contributed by atoms with Crippen LogP contribution in [0.4, 0.5) is 0 Å². The highest BCUT2D eigenvalue weighted by atomic mass is 32.1. The molecule has 0 amide bonds. The molecule has 3 nitrogen and oxygen atoms in total. The van der Waals surface area contributed by atoms with Crippen molar-refractivity contribution in [3.63, 3.8) is 0 Å². The first-order valence-corrected chi connectivity index (χ1v) is 21.5. The maximum absolute atomic E-state index is 5.29. The van der Waals surface area contributed by atoms with Gasteiger partial charge in [-0.3, -0.25) is 0 Å². The van der Waals surface area contributed by atoms with Crippen LogP contribution in [0.5, 0.6) is 0 Å². The van der Waals surface area contributed by atoms with Crippen molar-refractivity contribution in [2.75, 3.05) is 0 Å². The zero-order valence-corrected chi connectivity index (χ0v) is 33.2. The summed E-state index contributed by atoms with van der Waals surface area (Å²) in [5.41, 5.74) is 9.92. The lowest BCUT2D eigenvalue weighted by Gasteiger charge is -2.15. The highest BCUT2D eigenvalue weighted by Crippen LogP contribution is 2.46. The lowest BCUT2D eigenvalue weighted by Crippen LogP contribution is -1.99. The monoisotopic (exact) mass is 785 g/mol. The fourth-order valence-corrected chi connectivity index (χ4v) is 11.7. The van der Waals surface area contributed by atoms with E-state index in [1.807, 2.05) is 28.7 Å². The van der Waals surface area contributed by atoms with Crippen molar-refractivity contribution in [2.24, 2.45) is 0 Å². The third kappa shape index (κ3) is 4.93. The Kier molecular flexibility index (Phi) is 7.05. The van der Waals surface area contributed by atoms with E-state index in [9.17, 15) is 0 Å². The second-order valence-electron chi connectivity index (χ2n) is 15.3. The van der Waals surface area contributed by atoms with Gasteiger partial charge in [-0.25, -0.2) is 9.97 Å². The first-order valence-electron chi connectivity index (χ1n) is 19.9. The lowest BCUT2D eigenvalue weighted by molar-refractivity contribution is 1.19. The SMILES string of the molecule is c1ccc(-c2nc(-c3ccc(-n4c5ccc(-c6ccc7sc8ccccc8c7c6)cc5c5c6sc7ccccc7c6ccc54)c4ccccc34)nc3ccccc23)cc1. The molecule has 0 aliphatic rings. The van der Waals surface area contributed by atoms with Crippen LogP contribution < -0.4 is 0 Å². The van der Waals surface area contributed by atoms with Crippen molar-refractivity contribution >= 4 is 106 Å². The zero-order chi connectivity index (χ0) is 38.6. The molecule has 0 fully saturated rings. The average Bonchev–Trinajstić information content (AvgIpc) is 3.97. The van der Waals surface area contributed by atoms with Gasteiger partial charge in [0.05, 0.1) is 27.9 Å². The van der Waals surface area contributed by atoms with E-state index in [4.69, 9.17) is 9.97 Å². The van der Waals surface area contributed by atoms with E-state index in [0.29, 0.717) is 0 Å². The van der Waals surface area contributed by atoms with Crippen LogP contribution in [0.2, 0.25) is 0 Å². The Bertz CT molecular complexity index is 3850. The first kappa shape index (κ1) is 32.9. The van der Waals surface area contributed by atoms with Crippen LogP contribution in [0.25, 0.3) is 123 Å². The molecule has 0 saturated carbocycles. The molecule has 4 aromatic heterocycles. The summed E-state index contributed by atoms with van der Waals surface area (Å²) in [4.78, 5) is 10.5. The fourth-order valence-electron chi connectivity index (χ4n) is 9.32. The molecule has 0 N–H and O–H groups in total. The molecule has 0 aliphatic heterocycles. The molecular weight excluding hydrogens is 755 g/mol. The molecule has 13 aromatic rings. The Labute approximate surface area is 346 Å². The molecular formula is C54H31N3S2. The van der Waals surface area contributed by atoms with Gasteiger partial charge in [0.1, 0.15) is 0 Å². The fraction of sp³-hybridized carbons (Fsp3) is 0. The van der Waals surface area contributed by atoms with E-state index in [0.717, 1.165) is 50.0 Å². The van der Waals surface area contributed by atoms with E-state index in [1.165, 1.54) is 73.3 Å². The number of hydrogen-bond donors (Lipinski definition) is 0. The molecule has 0 spiro atoms. The molecule has 0 aliphatic carbocycles. The van der Waals surface area contributed by atoms with Crippen LogP contribution in [0.3, 0.4) is 0 Å². The standard InChI is InChI=1S/C54H31N3S2/c1-2-12-32(13-3-1)52-41-18-6-9-19-44(41)55-54(56-52)40-25-27-45(36-15-5-4-14-35(36)40)57-46-26-22-33(34-23-29-50-42(30-34)38-17-8-10-20-48(38)58-50)31-43(46)51-47(57)28-24-39-37-16-7-11-21-49(37)59-53(39)51/h1-31H. The number of hydrogen-bond acceptors (Lipinski definition) is 4. The number of fused-ring (bicyclic) bond motifs is 12. The van der Waals surface area contributed by atoms with E-state index in [-0.39, 0.29) is 0 Å². The van der Waals surface area contributed by atoms with Gasteiger partial charge in [-0.15, -0.1) is 22.7 Å². The van der Waals surface area contributed by atoms with Gasteiger partial charge in [-0.1, -0.05) is 127 Å². The summed E-state index contributed by atoms with van der Waals surface area (Å²) >= 11 is 3.76. The largest absolute Gasteiger partial charge is 0.309 e. The second-order valence-corrected chi connectivity index (χ2v) is 17.4. The topological polar surface area (TPSA) is 30.7 Å². The van der Waals surface area contributed by atoms with Gasteiger partial charge in [-0.2, -0.15) is 0 Å². The number of nitrogens with zero attached hydrogens (tertiary/aromatic N) is 3. The van der Waals surface area contributed by atoms with Gasteiger partial charge in [0.25, 0.3) is 0 Å². The molecule has 13 rings (SSSR count). The van der Waals surface area contributed by atoms with Gasteiger partial charge < -0.3 is 4.57 Å². The smallest absolute Gasteiger partial charge is 0.161 e. The van der Waals surface area contributed by atoms with Crippen LogP contribution in [-0.2, 0) is 0 Å². The minimum absolute atomic E-state index is 0.722. The Morgan fingerprint density at radius 1 is 0.373 bits per heavy atom. The van der Waals surface area contributed by atoms with E-state index in [1.54, 1.807) is 0 Å². The van der Waals surface area contributed by atoms with E-state index >= 15 is 0 Å². The summed E-state index contributed by atoms with van der Waals surface area (Å²) in [6.45, 7) is 0. The van der Waals surface area contributed by atoms with Gasteiger partial charge in [0.15, 0.2) is 5.82 Å². The Morgan fingerprint density at radius 2 is 1.00 bits per heavy atom. The minimum atomic E-state index is 0.722. The molecule has 4 heterocycles. The molecule has 0 saturated heterocycles. The van der Waals surface area contributed by atoms with Crippen molar-refractivity contribution < 1.29 is 0 Å². The molecule has 9 aromatic carbocycles. The summed E-state index contributed by atoms with van der Waals surface area (Å²) in [5.74, 6) is 0.722.